The lowest BCUT2D eigenvalue weighted by Crippen LogP contribution is -2.38. The molecule has 0 amide bonds. The molecule has 1 saturated heterocycles. The molecule has 112 valence electrons. The van der Waals surface area contributed by atoms with E-state index in [2.05, 4.69) is 6.92 Å². The van der Waals surface area contributed by atoms with Crippen LogP contribution in [0.2, 0.25) is 0 Å². The number of anilines is 2. The zero-order chi connectivity index (χ0) is 14.9. The van der Waals surface area contributed by atoms with Gasteiger partial charge in [0.1, 0.15) is 4.90 Å². The molecule has 0 bridgehead atoms. The molecule has 0 aliphatic carbocycles. The molecule has 5 nitrogen and oxygen atoms in total. The molecule has 0 radical (unpaired) electrons. The number of hydrogen-bond donors (Lipinski definition) is 1. The summed E-state index contributed by atoms with van der Waals surface area (Å²) in [5.74, 6) is 0.593. The maximum absolute atomic E-state index is 12.8. The van der Waals surface area contributed by atoms with Gasteiger partial charge in [0.05, 0.1) is 5.69 Å². The first-order valence-electron chi connectivity index (χ1n) is 6.89. The van der Waals surface area contributed by atoms with Crippen molar-refractivity contribution in [2.45, 2.75) is 24.7 Å². The molecule has 2 N–H and O–H groups in total. The SMILES string of the molecule is CC1CCN(S(=O)(=O)c2cc(N)ccc2N(C)C)CC1. The van der Waals surface area contributed by atoms with Gasteiger partial charge in [-0.15, -0.1) is 0 Å². The summed E-state index contributed by atoms with van der Waals surface area (Å²) in [7, 11) is 0.200. The van der Waals surface area contributed by atoms with E-state index < -0.39 is 10.0 Å². The third kappa shape index (κ3) is 2.91. The van der Waals surface area contributed by atoms with Crippen molar-refractivity contribution in [1.29, 1.82) is 0 Å². The van der Waals surface area contributed by atoms with Crippen LogP contribution in [0.25, 0.3) is 0 Å². The molecule has 2 rings (SSSR count). The van der Waals surface area contributed by atoms with E-state index in [4.69, 9.17) is 5.73 Å². The molecule has 0 atom stereocenters. The normalized spacial score (nSPS) is 18.1. The lowest BCUT2D eigenvalue weighted by atomic mass is 10.0. The van der Waals surface area contributed by atoms with Crippen LogP contribution < -0.4 is 10.6 Å². The summed E-state index contributed by atoms with van der Waals surface area (Å²) >= 11 is 0. The molecule has 6 heteroatoms. The van der Waals surface area contributed by atoms with E-state index in [1.165, 1.54) is 0 Å². The van der Waals surface area contributed by atoms with Gasteiger partial charge in [-0.3, -0.25) is 0 Å². The molecule has 0 unspecified atom stereocenters. The molecule has 0 aromatic heterocycles. The summed E-state index contributed by atoms with van der Waals surface area (Å²) in [6, 6.07) is 5.05. The molecule has 1 aliphatic heterocycles. The van der Waals surface area contributed by atoms with Gasteiger partial charge in [-0.1, -0.05) is 6.92 Å². The van der Waals surface area contributed by atoms with Crippen molar-refractivity contribution in [2.24, 2.45) is 5.92 Å². The topological polar surface area (TPSA) is 66.6 Å². The number of sulfonamides is 1. The summed E-state index contributed by atoms with van der Waals surface area (Å²) in [4.78, 5) is 2.11. The summed E-state index contributed by atoms with van der Waals surface area (Å²) in [6.07, 6.45) is 1.83. The maximum Gasteiger partial charge on any atom is 0.245 e. The van der Waals surface area contributed by atoms with E-state index in [0.717, 1.165) is 12.8 Å². The molecule has 0 spiro atoms. The third-order valence-electron chi connectivity index (χ3n) is 3.83. The third-order valence-corrected chi connectivity index (χ3v) is 5.75. The molecule has 1 heterocycles. The molecule has 1 aliphatic rings. The van der Waals surface area contributed by atoms with Crippen molar-refractivity contribution in [1.82, 2.24) is 4.31 Å². The standard InChI is InChI=1S/C14H23N3O2S/c1-11-6-8-17(9-7-11)20(18,19)14-10-12(15)4-5-13(14)16(2)3/h4-5,10-11H,6-9,15H2,1-3H3. The summed E-state index contributed by atoms with van der Waals surface area (Å²) < 4.78 is 27.2. The predicted molar refractivity (Wildman–Crippen MR) is 82.3 cm³/mol. The monoisotopic (exact) mass is 297 g/mol. The largest absolute Gasteiger partial charge is 0.399 e. The van der Waals surface area contributed by atoms with E-state index in [9.17, 15) is 8.42 Å². The van der Waals surface area contributed by atoms with Gasteiger partial charge in [0, 0.05) is 32.9 Å². The molecule has 1 aromatic carbocycles. The lowest BCUT2D eigenvalue weighted by Gasteiger charge is -2.30. The minimum Gasteiger partial charge on any atom is -0.399 e. The van der Waals surface area contributed by atoms with Crippen molar-refractivity contribution in [2.75, 3.05) is 37.8 Å². The van der Waals surface area contributed by atoms with Gasteiger partial charge in [0.15, 0.2) is 0 Å². The quantitative estimate of drug-likeness (QED) is 0.863. The molecular weight excluding hydrogens is 274 g/mol. The Morgan fingerprint density at radius 1 is 1.25 bits per heavy atom. The molecular formula is C14H23N3O2S. The highest BCUT2D eigenvalue weighted by Crippen LogP contribution is 2.31. The average Bonchev–Trinajstić information content (AvgIpc) is 2.38. The van der Waals surface area contributed by atoms with Crippen LogP contribution >= 0.6 is 0 Å². The molecule has 1 aromatic rings. The van der Waals surface area contributed by atoms with Gasteiger partial charge in [-0.05, 0) is 37.0 Å². The second-order valence-electron chi connectivity index (χ2n) is 5.71. The number of hydrogen-bond acceptors (Lipinski definition) is 4. The number of benzene rings is 1. The van der Waals surface area contributed by atoms with E-state index >= 15 is 0 Å². The fraction of sp³-hybridized carbons (Fsp3) is 0.571. The minimum atomic E-state index is -3.47. The van der Waals surface area contributed by atoms with Crippen LogP contribution in [0.3, 0.4) is 0 Å². The number of piperidine rings is 1. The van der Waals surface area contributed by atoms with Gasteiger partial charge >= 0.3 is 0 Å². The van der Waals surface area contributed by atoms with E-state index in [1.54, 1.807) is 27.4 Å². The predicted octanol–water partition coefficient (Wildman–Crippen LogP) is 1.76. The Hall–Kier alpha value is -1.27. The van der Waals surface area contributed by atoms with Crippen molar-refractivity contribution < 1.29 is 8.42 Å². The lowest BCUT2D eigenvalue weighted by molar-refractivity contribution is 0.288. The zero-order valence-electron chi connectivity index (χ0n) is 12.3. The average molecular weight is 297 g/mol. The smallest absolute Gasteiger partial charge is 0.245 e. The highest BCUT2D eigenvalue weighted by molar-refractivity contribution is 7.89. The zero-order valence-corrected chi connectivity index (χ0v) is 13.2. The molecule has 0 saturated carbocycles. The summed E-state index contributed by atoms with van der Waals surface area (Å²) in [5, 5.41) is 0. The highest BCUT2D eigenvalue weighted by atomic mass is 32.2. The summed E-state index contributed by atoms with van der Waals surface area (Å²) in [5.41, 5.74) is 6.92. The number of rotatable bonds is 3. The van der Waals surface area contributed by atoms with Crippen LogP contribution in [0.5, 0.6) is 0 Å². The van der Waals surface area contributed by atoms with Crippen molar-refractivity contribution in [3.8, 4) is 0 Å². The second kappa shape index (κ2) is 5.61. The first kappa shape index (κ1) is 15.1. The highest BCUT2D eigenvalue weighted by Gasteiger charge is 2.30. The van der Waals surface area contributed by atoms with Gasteiger partial charge in [0.25, 0.3) is 0 Å². The van der Waals surface area contributed by atoms with E-state index in [0.29, 0.717) is 35.3 Å². The Bertz CT molecular complexity index is 576. The fourth-order valence-electron chi connectivity index (χ4n) is 2.47. The Balaban J connectivity index is 2.41. The Morgan fingerprint density at radius 3 is 2.40 bits per heavy atom. The fourth-order valence-corrected chi connectivity index (χ4v) is 4.24. The molecule has 20 heavy (non-hydrogen) atoms. The Kier molecular flexibility index (Phi) is 4.25. The van der Waals surface area contributed by atoms with Crippen LogP contribution in [-0.4, -0.2) is 39.9 Å². The van der Waals surface area contributed by atoms with Crippen LogP contribution in [-0.2, 0) is 10.0 Å². The summed E-state index contributed by atoms with van der Waals surface area (Å²) in [6.45, 7) is 3.34. The number of nitrogens with two attached hydrogens (primary N) is 1. The van der Waals surface area contributed by atoms with Crippen LogP contribution in [0.1, 0.15) is 19.8 Å². The van der Waals surface area contributed by atoms with Crippen LogP contribution in [0.4, 0.5) is 11.4 Å². The maximum atomic E-state index is 12.8. The van der Waals surface area contributed by atoms with Crippen molar-refractivity contribution >= 4 is 21.4 Å². The van der Waals surface area contributed by atoms with Crippen molar-refractivity contribution in [3.05, 3.63) is 18.2 Å². The van der Waals surface area contributed by atoms with Gasteiger partial charge in [-0.25, -0.2) is 8.42 Å². The van der Waals surface area contributed by atoms with E-state index in [1.807, 2.05) is 14.1 Å². The van der Waals surface area contributed by atoms with Gasteiger partial charge in [-0.2, -0.15) is 4.31 Å². The number of nitrogens with zero attached hydrogens (tertiary/aromatic N) is 2. The Labute approximate surface area is 121 Å². The van der Waals surface area contributed by atoms with Crippen molar-refractivity contribution in [3.63, 3.8) is 0 Å². The number of nitrogen functional groups attached to an aromatic ring is 1. The van der Waals surface area contributed by atoms with Gasteiger partial charge < -0.3 is 10.6 Å². The minimum absolute atomic E-state index is 0.303. The first-order chi connectivity index (χ1) is 9.32. The molecule has 1 fully saturated rings. The van der Waals surface area contributed by atoms with Crippen LogP contribution in [0.15, 0.2) is 23.1 Å². The first-order valence-corrected chi connectivity index (χ1v) is 8.33. The second-order valence-corrected chi connectivity index (χ2v) is 7.61. The van der Waals surface area contributed by atoms with E-state index in [-0.39, 0.29) is 0 Å². The Morgan fingerprint density at radius 2 is 1.85 bits per heavy atom. The van der Waals surface area contributed by atoms with Gasteiger partial charge in [0.2, 0.25) is 10.0 Å². The van der Waals surface area contributed by atoms with Crippen LogP contribution in [0, 0.1) is 5.92 Å².